The van der Waals surface area contributed by atoms with E-state index in [2.05, 4.69) is 32.3 Å². The number of carboxylic acid groups (broad SMARTS) is 1. The second kappa shape index (κ2) is 15.1. The smallest absolute Gasteiger partial charge is 0.327 e. The van der Waals surface area contributed by atoms with Crippen molar-refractivity contribution >= 4 is 12.0 Å². The normalized spacial score (nSPS) is 7.89. The summed E-state index contributed by atoms with van der Waals surface area (Å²) in [5, 5.41) is 10.7. The van der Waals surface area contributed by atoms with Gasteiger partial charge in [0.05, 0.1) is 0 Å². The van der Waals surface area contributed by atoms with Crippen molar-refractivity contribution in [3.63, 3.8) is 0 Å². The summed E-state index contributed by atoms with van der Waals surface area (Å²) in [7, 11) is 0. The summed E-state index contributed by atoms with van der Waals surface area (Å²) in [6.45, 7) is 13.0. The predicted octanol–water partition coefficient (Wildman–Crippen LogP) is 3.20. The van der Waals surface area contributed by atoms with E-state index >= 15 is 0 Å². The molecule has 1 rings (SSSR count). The standard InChI is InChI=1S/C8H8.C4H11N.C3H4O2/c1-2-8-6-4-3-5-7-8;1-3-5-4-2;1-2-3(4)5/h2-7H,1H2;5H,3-4H2,1-2H3;2H,1H2,(H,4,5). The molecular formula is C15H23NO2. The van der Waals surface area contributed by atoms with Crippen LogP contribution in [0.15, 0.2) is 49.6 Å². The van der Waals surface area contributed by atoms with Gasteiger partial charge in [0.2, 0.25) is 0 Å². The minimum absolute atomic E-state index is 0.833. The van der Waals surface area contributed by atoms with E-state index in [1.807, 2.05) is 36.4 Å². The minimum Gasteiger partial charge on any atom is -0.478 e. The molecule has 0 heterocycles. The van der Waals surface area contributed by atoms with E-state index in [0.29, 0.717) is 0 Å². The molecular weight excluding hydrogens is 226 g/mol. The molecule has 0 spiro atoms. The van der Waals surface area contributed by atoms with Gasteiger partial charge in [0.25, 0.3) is 0 Å². The fourth-order valence-corrected chi connectivity index (χ4v) is 0.839. The van der Waals surface area contributed by atoms with Crippen molar-refractivity contribution in [2.24, 2.45) is 0 Å². The fourth-order valence-electron chi connectivity index (χ4n) is 0.839. The van der Waals surface area contributed by atoms with Crippen LogP contribution in [0.3, 0.4) is 0 Å². The average Bonchev–Trinajstić information content (AvgIpc) is 2.42. The van der Waals surface area contributed by atoms with Crippen LogP contribution in [-0.2, 0) is 4.79 Å². The number of carboxylic acids is 1. The van der Waals surface area contributed by atoms with Crippen LogP contribution < -0.4 is 5.32 Å². The van der Waals surface area contributed by atoms with E-state index in [-0.39, 0.29) is 0 Å². The van der Waals surface area contributed by atoms with Gasteiger partial charge in [-0.2, -0.15) is 0 Å². The fraction of sp³-hybridized carbons (Fsp3) is 0.267. The van der Waals surface area contributed by atoms with E-state index < -0.39 is 5.97 Å². The van der Waals surface area contributed by atoms with Crippen molar-refractivity contribution < 1.29 is 9.90 Å². The van der Waals surface area contributed by atoms with Gasteiger partial charge in [-0.25, -0.2) is 4.79 Å². The molecule has 0 fully saturated rings. The van der Waals surface area contributed by atoms with Crippen molar-refractivity contribution in [2.75, 3.05) is 13.1 Å². The molecule has 0 unspecified atom stereocenters. The molecule has 1 aromatic rings. The third kappa shape index (κ3) is 16.6. The number of carbonyl (C=O) groups is 1. The lowest BCUT2D eigenvalue weighted by Crippen LogP contribution is -2.09. The van der Waals surface area contributed by atoms with Gasteiger partial charge in [0, 0.05) is 6.08 Å². The summed E-state index contributed by atoms with van der Waals surface area (Å²) >= 11 is 0. The molecule has 0 saturated heterocycles. The van der Waals surface area contributed by atoms with Crippen LogP contribution in [0, 0.1) is 0 Å². The average molecular weight is 249 g/mol. The molecule has 0 radical (unpaired) electrons. The lowest BCUT2D eigenvalue weighted by Gasteiger charge is -1.86. The van der Waals surface area contributed by atoms with Gasteiger partial charge < -0.3 is 10.4 Å². The summed E-state index contributed by atoms with van der Waals surface area (Å²) in [5.74, 6) is -0.981. The molecule has 0 aromatic heterocycles. The summed E-state index contributed by atoms with van der Waals surface area (Å²) < 4.78 is 0. The van der Waals surface area contributed by atoms with Crippen LogP contribution in [-0.4, -0.2) is 24.2 Å². The topological polar surface area (TPSA) is 49.3 Å². The van der Waals surface area contributed by atoms with Gasteiger partial charge in [-0.05, 0) is 18.7 Å². The molecule has 0 aliphatic heterocycles. The van der Waals surface area contributed by atoms with Crippen LogP contribution in [0.4, 0.5) is 0 Å². The summed E-state index contributed by atoms with van der Waals surface area (Å²) in [5.41, 5.74) is 1.17. The molecule has 1 aromatic carbocycles. The SMILES string of the molecule is C=CC(=O)O.C=Cc1ccccc1.CCNCC. The van der Waals surface area contributed by atoms with Crippen LogP contribution in [0.5, 0.6) is 0 Å². The molecule has 0 saturated carbocycles. The van der Waals surface area contributed by atoms with Crippen LogP contribution in [0.2, 0.25) is 0 Å². The van der Waals surface area contributed by atoms with Gasteiger partial charge >= 0.3 is 5.97 Å². The Morgan fingerprint density at radius 1 is 1.22 bits per heavy atom. The number of rotatable bonds is 4. The number of nitrogens with one attached hydrogen (secondary N) is 1. The summed E-state index contributed by atoms with van der Waals surface area (Å²) in [6.07, 6.45) is 2.67. The van der Waals surface area contributed by atoms with Gasteiger partial charge in [-0.1, -0.05) is 63.4 Å². The Balaban J connectivity index is 0. The molecule has 3 heteroatoms. The largest absolute Gasteiger partial charge is 0.478 e. The second-order valence-corrected chi connectivity index (χ2v) is 3.11. The predicted molar refractivity (Wildman–Crippen MR) is 78.6 cm³/mol. The van der Waals surface area contributed by atoms with E-state index in [1.54, 1.807) is 0 Å². The molecule has 18 heavy (non-hydrogen) atoms. The quantitative estimate of drug-likeness (QED) is 0.806. The highest BCUT2D eigenvalue weighted by molar-refractivity contribution is 5.78. The number of benzene rings is 1. The maximum Gasteiger partial charge on any atom is 0.327 e. The Hall–Kier alpha value is -1.87. The highest BCUT2D eigenvalue weighted by Gasteiger charge is 1.75. The molecule has 2 N–H and O–H groups in total. The number of hydrogen-bond donors (Lipinski definition) is 2. The molecule has 0 aliphatic carbocycles. The Kier molecular flexibility index (Phi) is 15.5. The lowest BCUT2D eigenvalue weighted by molar-refractivity contribution is -0.131. The van der Waals surface area contributed by atoms with Crippen molar-refractivity contribution in [1.82, 2.24) is 5.32 Å². The van der Waals surface area contributed by atoms with Crippen LogP contribution in [0.1, 0.15) is 19.4 Å². The highest BCUT2D eigenvalue weighted by Crippen LogP contribution is 1.97. The third-order valence-corrected chi connectivity index (χ3v) is 1.71. The van der Waals surface area contributed by atoms with Gasteiger partial charge in [-0.3, -0.25) is 0 Å². The van der Waals surface area contributed by atoms with Crippen molar-refractivity contribution in [1.29, 1.82) is 0 Å². The first-order valence-electron chi connectivity index (χ1n) is 5.85. The lowest BCUT2D eigenvalue weighted by atomic mass is 10.2. The number of aliphatic carboxylic acids is 1. The van der Waals surface area contributed by atoms with Crippen molar-refractivity contribution in [3.05, 3.63) is 55.1 Å². The van der Waals surface area contributed by atoms with E-state index in [9.17, 15) is 4.79 Å². The van der Waals surface area contributed by atoms with E-state index in [1.165, 1.54) is 5.56 Å². The molecule has 100 valence electrons. The molecule has 0 amide bonds. The molecule has 0 aliphatic rings. The van der Waals surface area contributed by atoms with E-state index in [4.69, 9.17) is 5.11 Å². The van der Waals surface area contributed by atoms with E-state index in [0.717, 1.165) is 19.2 Å². The Labute approximate surface area is 110 Å². The first-order chi connectivity index (χ1) is 8.62. The Bertz CT molecular complexity index is 319. The second-order valence-electron chi connectivity index (χ2n) is 3.11. The molecule has 0 bridgehead atoms. The van der Waals surface area contributed by atoms with Gasteiger partial charge in [0.15, 0.2) is 0 Å². The molecule has 3 nitrogen and oxygen atoms in total. The zero-order valence-corrected chi connectivity index (χ0v) is 11.2. The highest BCUT2D eigenvalue weighted by atomic mass is 16.4. The summed E-state index contributed by atoms with van der Waals surface area (Å²) in [6, 6.07) is 10.0. The van der Waals surface area contributed by atoms with Gasteiger partial charge in [-0.15, -0.1) is 0 Å². The maximum absolute atomic E-state index is 9.25. The zero-order valence-electron chi connectivity index (χ0n) is 11.2. The van der Waals surface area contributed by atoms with Crippen LogP contribution in [0.25, 0.3) is 6.08 Å². The zero-order chi connectivity index (χ0) is 14.2. The minimum atomic E-state index is -0.981. The van der Waals surface area contributed by atoms with Crippen LogP contribution >= 0.6 is 0 Å². The van der Waals surface area contributed by atoms with Crippen molar-refractivity contribution in [3.8, 4) is 0 Å². The number of hydrogen-bond acceptors (Lipinski definition) is 2. The molecule has 0 atom stereocenters. The first kappa shape index (κ1) is 18.5. The van der Waals surface area contributed by atoms with Gasteiger partial charge in [0.1, 0.15) is 0 Å². The third-order valence-electron chi connectivity index (χ3n) is 1.71. The van der Waals surface area contributed by atoms with Crippen molar-refractivity contribution in [2.45, 2.75) is 13.8 Å². The Morgan fingerprint density at radius 3 is 1.83 bits per heavy atom. The first-order valence-corrected chi connectivity index (χ1v) is 5.85. The maximum atomic E-state index is 9.25. The monoisotopic (exact) mass is 249 g/mol. The Morgan fingerprint density at radius 2 is 1.67 bits per heavy atom. The summed E-state index contributed by atoms with van der Waals surface area (Å²) in [4.78, 5) is 9.25.